The summed E-state index contributed by atoms with van der Waals surface area (Å²) in [4.78, 5) is 16.8. The second-order valence-corrected chi connectivity index (χ2v) is 6.75. The predicted molar refractivity (Wildman–Crippen MR) is 105 cm³/mol. The number of amides is 1. The summed E-state index contributed by atoms with van der Waals surface area (Å²) in [5.74, 6) is 0.452. The number of piperazine rings is 1. The summed E-state index contributed by atoms with van der Waals surface area (Å²) in [6.45, 7) is 2.99. The Hall–Kier alpha value is -3.01. The maximum Gasteiger partial charge on any atom is 0.227 e. The Kier molecular flexibility index (Phi) is 4.48. The van der Waals surface area contributed by atoms with E-state index in [4.69, 9.17) is 0 Å². The molecule has 1 N–H and O–H groups in total. The lowest BCUT2D eigenvalue weighted by Crippen LogP contribution is -2.49. The van der Waals surface area contributed by atoms with Crippen molar-refractivity contribution < 1.29 is 9.90 Å². The van der Waals surface area contributed by atoms with Crippen LogP contribution in [-0.2, 0) is 11.2 Å². The fraction of sp³-hybridized carbons (Fsp3) is 0.227. The molecule has 0 bridgehead atoms. The van der Waals surface area contributed by atoms with Crippen LogP contribution in [0.4, 0.5) is 5.69 Å². The highest BCUT2D eigenvalue weighted by molar-refractivity contribution is 5.85. The Labute approximate surface area is 153 Å². The first-order valence-electron chi connectivity index (χ1n) is 8.98. The Bertz CT molecular complexity index is 930. The topological polar surface area (TPSA) is 43.8 Å². The summed E-state index contributed by atoms with van der Waals surface area (Å²) in [6, 6.07) is 21.7. The first kappa shape index (κ1) is 16.5. The summed E-state index contributed by atoms with van der Waals surface area (Å²) in [5.41, 5.74) is 2.07. The lowest BCUT2D eigenvalue weighted by Gasteiger charge is -2.36. The Morgan fingerprint density at radius 2 is 1.62 bits per heavy atom. The molecule has 3 aromatic rings. The number of aromatic hydroxyl groups is 1. The van der Waals surface area contributed by atoms with Crippen LogP contribution in [0.2, 0.25) is 0 Å². The first-order chi connectivity index (χ1) is 12.7. The molecule has 1 amide bonds. The average Bonchev–Trinajstić information content (AvgIpc) is 2.68. The molecule has 1 aliphatic rings. The van der Waals surface area contributed by atoms with Gasteiger partial charge in [-0.3, -0.25) is 4.79 Å². The van der Waals surface area contributed by atoms with E-state index in [1.165, 1.54) is 10.8 Å². The van der Waals surface area contributed by atoms with Crippen molar-refractivity contribution in [2.75, 3.05) is 31.1 Å². The molecule has 1 aliphatic heterocycles. The van der Waals surface area contributed by atoms with Crippen molar-refractivity contribution in [1.29, 1.82) is 0 Å². The van der Waals surface area contributed by atoms with Gasteiger partial charge in [0.05, 0.1) is 6.42 Å². The molecule has 0 aromatic heterocycles. The number of hydrogen-bond donors (Lipinski definition) is 1. The minimum atomic E-state index is 0.177. The van der Waals surface area contributed by atoms with Gasteiger partial charge in [0.1, 0.15) is 5.75 Å². The van der Waals surface area contributed by atoms with Crippen molar-refractivity contribution in [1.82, 2.24) is 4.90 Å². The highest BCUT2D eigenvalue weighted by atomic mass is 16.3. The van der Waals surface area contributed by atoms with Crippen LogP contribution in [-0.4, -0.2) is 42.1 Å². The standard InChI is InChI=1S/C22H22N2O2/c25-21-7-3-6-20(16-21)23-10-12-24(13-11-23)22(26)15-17-8-9-18-4-1-2-5-19(18)14-17/h1-9,14,16,25H,10-13,15H2. The summed E-state index contributed by atoms with van der Waals surface area (Å²) in [6.07, 6.45) is 0.441. The van der Waals surface area contributed by atoms with Crippen LogP contribution in [0, 0.1) is 0 Å². The number of phenols is 1. The van der Waals surface area contributed by atoms with Gasteiger partial charge in [-0.1, -0.05) is 48.5 Å². The molecule has 0 atom stereocenters. The van der Waals surface area contributed by atoms with Crippen molar-refractivity contribution in [2.45, 2.75) is 6.42 Å². The number of fused-ring (bicyclic) bond motifs is 1. The lowest BCUT2D eigenvalue weighted by molar-refractivity contribution is -0.130. The van der Waals surface area contributed by atoms with Gasteiger partial charge in [-0.2, -0.15) is 0 Å². The fourth-order valence-corrected chi connectivity index (χ4v) is 3.54. The number of nitrogens with zero attached hydrogens (tertiary/aromatic N) is 2. The van der Waals surface area contributed by atoms with Gasteiger partial charge in [0, 0.05) is 37.9 Å². The van der Waals surface area contributed by atoms with E-state index in [0.717, 1.165) is 24.3 Å². The summed E-state index contributed by atoms with van der Waals surface area (Å²) in [5, 5.41) is 12.0. The highest BCUT2D eigenvalue weighted by Gasteiger charge is 2.21. The zero-order valence-electron chi connectivity index (χ0n) is 14.6. The molecular weight excluding hydrogens is 324 g/mol. The monoisotopic (exact) mass is 346 g/mol. The molecule has 132 valence electrons. The molecule has 0 unspecified atom stereocenters. The van der Waals surface area contributed by atoms with E-state index in [1.54, 1.807) is 12.1 Å². The molecular formula is C22H22N2O2. The summed E-state index contributed by atoms with van der Waals surface area (Å²) in [7, 11) is 0. The molecule has 4 nitrogen and oxygen atoms in total. The molecule has 0 saturated carbocycles. The number of carbonyl (C=O) groups excluding carboxylic acids is 1. The van der Waals surface area contributed by atoms with Crippen LogP contribution < -0.4 is 4.90 Å². The normalized spacial score (nSPS) is 14.6. The van der Waals surface area contributed by atoms with E-state index < -0.39 is 0 Å². The second kappa shape index (κ2) is 7.08. The van der Waals surface area contributed by atoms with E-state index in [2.05, 4.69) is 29.2 Å². The minimum absolute atomic E-state index is 0.177. The van der Waals surface area contributed by atoms with E-state index in [1.807, 2.05) is 35.2 Å². The number of anilines is 1. The average molecular weight is 346 g/mol. The van der Waals surface area contributed by atoms with Crippen molar-refractivity contribution in [3.8, 4) is 5.75 Å². The molecule has 26 heavy (non-hydrogen) atoms. The highest BCUT2D eigenvalue weighted by Crippen LogP contribution is 2.22. The summed E-state index contributed by atoms with van der Waals surface area (Å²) < 4.78 is 0. The fourth-order valence-electron chi connectivity index (χ4n) is 3.54. The van der Waals surface area contributed by atoms with Gasteiger partial charge in [0.25, 0.3) is 0 Å². The van der Waals surface area contributed by atoms with E-state index in [0.29, 0.717) is 19.5 Å². The molecule has 1 saturated heterocycles. The maximum absolute atomic E-state index is 12.7. The van der Waals surface area contributed by atoms with Crippen molar-refractivity contribution in [3.05, 3.63) is 72.3 Å². The molecule has 0 spiro atoms. The molecule has 4 heteroatoms. The van der Waals surface area contributed by atoms with Crippen molar-refractivity contribution in [3.63, 3.8) is 0 Å². The Morgan fingerprint density at radius 1 is 0.846 bits per heavy atom. The summed E-state index contributed by atoms with van der Waals surface area (Å²) >= 11 is 0. The molecule has 1 fully saturated rings. The third-order valence-electron chi connectivity index (χ3n) is 5.00. The van der Waals surface area contributed by atoms with Gasteiger partial charge >= 0.3 is 0 Å². The van der Waals surface area contributed by atoms with Crippen molar-refractivity contribution in [2.24, 2.45) is 0 Å². The van der Waals surface area contributed by atoms with Gasteiger partial charge < -0.3 is 14.9 Å². The van der Waals surface area contributed by atoms with Gasteiger partial charge in [-0.05, 0) is 28.5 Å². The molecule has 4 rings (SSSR count). The van der Waals surface area contributed by atoms with Crippen molar-refractivity contribution >= 4 is 22.4 Å². The Morgan fingerprint density at radius 3 is 2.38 bits per heavy atom. The number of carbonyl (C=O) groups is 1. The maximum atomic E-state index is 12.7. The van der Waals surface area contributed by atoms with Gasteiger partial charge in [-0.25, -0.2) is 0 Å². The predicted octanol–water partition coefficient (Wildman–Crippen LogP) is 3.44. The molecule has 0 radical (unpaired) electrons. The van der Waals surface area contributed by atoms with Crippen LogP contribution >= 0.6 is 0 Å². The minimum Gasteiger partial charge on any atom is -0.508 e. The molecule has 3 aromatic carbocycles. The first-order valence-corrected chi connectivity index (χ1v) is 8.98. The number of rotatable bonds is 3. The van der Waals surface area contributed by atoms with Crippen LogP contribution in [0.3, 0.4) is 0 Å². The van der Waals surface area contributed by atoms with E-state index in [9.17, 15) is 9.90 Å². The molecule has 0 aliphatic carbocycles. The van der Waals surface area contributed by atoms with Gasteiger partial charge in [-0.15, -0.1) is 0 Å². The van der Waals surface area contributed by atoms with Gasteiger partial charge in [0.2, 0.25) is 5.91 Å². The third-order valence-corrected chi connectivity index (χ3v) is 5.00. The van der Waals surface area contributed by atoms with Crippen LogP contribution in [0.25, 0.3) is 10.8 Å². The number of benzene rings is 3. The van der Waals surface area contributed by atoms with Crippen LogP contribution in [0.15, 0.2) is 66.7 Å². The van der Waals surface area contributed by atoms with Gasteiger partial charge in [0.15, 0.2) is 0 Å². The number of phenolic OH excluding ortho intramolecular Hbond substituents is 1. The Balaban J connectivity index is 1.38. The third kappa shape index (κ3) is 3.49. The van der Waals surface area contributed by atoms with E-state index in [-0.39, 0.29) is 11.7 Å². The number of hydrogen-bond acceptors (Lipinski definition) is 3. The zero-order valence-corrected chi connectivity index (χ0v) is 14.6. The zero-order chi connectivity index (χ0) is 17.9. The van der Waals surface area contributed by atoms with Crippen LogP contribution in [0.5, 0.6) is 5.75 Å². The van der Waals surface area contributed by atoms with E-state index >= 15 is 0 Å². The molecule has 1 heterocycles. The smallest absolute Gasteiger partial charge is 0.227 e. The largest absolute Gasteiger partial charge is 0.508 e. The van der Waals surface area contributed by atoms with Crippen LogP contribution in [0.1, 0.15) is 5.56 Å². The SMILES string of the molecule is O=C(Cc1ccc2ccccc2c1)N1CCN(c2cccc(O)c2)CC1. The lowest BCUT2D eigenvalue weighted by atomic mass is 10.0. The second-order valence-electron chi connectivity index (χ2n) is 6.75. The quantitative estimate of drug-likeness (QED) is 0.790.